The molecule has 0 bridgehead atoms. The molecule has 0 aromatic heterocycles. The number of nitrogens with zero attached hydrogens (tertiary/aromatic N) is 3. The lowest BCUT2D eigenvalue weighted by atomic mass is 10.1. The lowest BCUT2D eigenvalue weighted by Gasteiger charge is -2.42. The number of hydrogen-bond donors (Lipinski definition) is 0. The number of nitriles is 1. The third kappa shape index (κ3) is 3.57. The molecule has 1 heterocycles. The summed E-state index contributed by atoms with van der Waals surface area (Å²) in [5.74, 6) is 0.0242. The van der Waals surface area contributed by atoms with Gasteiger partial charge in [0.1, 0.15) is 0 Å². The molecule has 1 rings (SSSR count). The molecular formula is C13H21N3O. The van der Waals surface area contributed by atoms with E-state index >= 15 is 0 Å². The number of amides is 1. The molecule has 94 valence electrons. The number of allylic oxidation sites excluding steroid dienone is 1. The number of rotatable bonds is 3. The summed E-state index contributed by atoms with van der Waals surface area (Å²) in [4.78, 5) is 16.0. The smallest absolute Gasteiger partial charge is 0.246 e. The van der Waals surface area contributed by atoms with Crippen molar-refractivity contribution in [3.05, 3.63) is 12.2 Å². The van der Waals surface area contributed by atoms with Crippen molar-refractivity contribution in [2.45, 2.75) is 39.3 Å². The number of carbonyl (C=O) groups is 1. The van der Waals surface area contributed by atoms with Crippen molar-refractivity contribution in [1.29, 1.82) is 5.26 Å². The number of hydrogen-bond acceptors (Lipinski definition) is 3. The summed E-state index contributed by atoms with van der Waals surface area (Å²) in [5.41, 5.74) is 0. The minimum atomic E-state index is 0.0242. The molecule has 1 saturated heterocycles. The van der Waals surface area contributed by atoms with Gasteiger partial charge in [-0.2, -0.15) is 5.26 Å². The van der Waals surface area contributed by atoms with Gasteiger partial charge >= 0.3 is 0 Å². The van der Waals surface area contributed by atoms with E-state index in [4.69, 9.17) is 5.26 Å². The van der Waals surface area contributed by atoms with Crippen LogP contribution < -0.4 is 0 Å². The van der Waals surface area contributed by atoms with Crippen LogP contribution in [0.4, 0.5) is 0 Å². The predicted octanol–water partition coefficient (Wildman–Crippen LogP) is 1.40. The average molecular weight is 235 g/mol. The van der Waals surface area contributed by atoms with E-state index in [-0.39, 0.29) is 11.9 Å². The molecular weight excluding hydrogens is 214 g/mol. The molecule has 0 N–H and O–H groups in total. The minimum absolute atomic E-state index is 0.0242. The van der Waals surface area contributed by atoms with Crippen molar-refractivity contribution >= 4 is 5.91 Å². The van der Waals surface area contributed by atoms with Gasteiger partial charge in [0.2, 0.25) is 5.91 Å². The Morgan fingerprint density at radius 2 is 2.24 bits per heavy atom. The SMILES string of the molecule is C/C=C/C(=O)N1CCN(C(C)C)C[C@@H]1CC#N. The van der Waals surface area contributed by atoms with Crippen LogP contribution in [0.1, 0.15) is 27.2 Å². The Balaban J connectivity index is 2.72. The molecule has 0 unspecified atom stereocenters. The second-order valence-electron chi connectivity index (χ2n) is 4.64. The topological polar surface area (TPSA) is 47.3 Å². The van der Waals surface area contributed by atoms with Gasteiger partial charge in [-0.1, -0.05) is 6.08 Å². The molecule has 1 aliphatic heterocycles. The van der Waals surface area contributed by atoms with E-state index in [1.807, 2.05) is 11.8 Å². The van der Waals surface area contributed by atoms with Crippen LogP contribution in [-0.2, 0) is 4.79 Å². The van der Waals surface area contributed by atoms with Crippen LogP contribution in [0, 0.1) is 11.3 Å². The summed E-state index contributed by atoms with van der Waals surface area (Å²) in [5, 5.41) is 8.85. The normalized spacial score (nSPS) is 22.1. The Kier molecular flexibility index (Phi) is 5.17. The Labute approximate surface area is 103 Å². The molecule has 1 aliphatic rings. The molecule has 1 fully saturated rings. The van der Waals surface area contributed by atoms with Gasteiger partial charge in [-0.3, -0.25) is 9.69 Å². The standard InChI is InChI=1S/C13H21N3O/c1-4-5-13(17)16-9-8-15(11(2)3)10-12(16)6-7-14/h4-5,11-12H,6,8-10H2,1-3H3/b5-4+/t12-/m0/s1. The Morgan fingerprint density at radius 1 is 1.53 bits per heavy atom. The summed E-state index contributed by atoms with van der Waals surface area (Å²) in [7, 11) is 0. The Bertz CT molecular complexity index is 330. The zero-order valence-corrected chi connectivity index (χ0v) is 10.9. The zero-order chi connectivity index (χ0) is 12.8. The largest absolute Gasteiger partial charge is 0.333 e. The highest BCUT2D eigenvalue weighted by molar-refractivity contribution is 5.87. The van der Waals surface area contributed by atoms with Gasteiger partial charge in [0.15, 0.2) is 0 Å². The average Bonchev–Trinajstić information content (AvgIpc) is 2.29. The quantitative estimate of drug-likeness (QED) is 0.695. The number of piperazine rings is 1. The second kappa shape index (κ2) is 6.41. The Morgan fingerprint density at radius 3 is 2.76 bits per heavy atom. The molecule has 0 saturated carbocycles. The van der Waals surface area contributed by atoms with Crippen LogP contribution in [0.2, 0.25) is 0 Å². The van der Waals surface area contributed by atoms with E-state index < -0.39 is 0 Å². The lowest BCUT2D eigenvalue weighted by Crippen LogP contribution is -2.56. The van der Waals surface area contributed by atoms with E-state index in [2.05, 4.69) is 24.8 Å². The summed E-state index contributed by atoms with van der Waals surface area (Å²) < 4.78 is 0. The first-order valence-electron chi connectivity index (χ1n) is 6.14. The van der Waals surface area contributed by atoms with E-state index in [1.165, 1.54) is 0 Å². The van der Waals surface area contributed by atoms with E-state index in [9.17, 15) is 4.79 Å². The van der Waals surface area contributed by atoms with E-state index in [0.29, 0.717) is 19.0 Å². The van der Waals surface area contributed by atoms with Crippen LogP contribution in [-0.4, -0.2) is 47.4 Å². The highest BCUT2D eigenvalue weighted by atomic mass is 16.2. The summed E-state index contributed by atoms with van der Waals surface area (Å²) in [6.07, 6.45) is 3.74. The third-order valence-electron chi connectivity index (χ3n) is 3.16. The Hall–Kier alpha value is -1.34. The molecule has 1 atom stereocenters. The van der Waals surface area contributed by atoms with Crippen molar-refractivity contribution in [2.24, 2.45) is 0 Å². The van der Waals surface area contributed by atoms with Gasteiger partial charge < -0.3 is 4.90 Å². The highest BCUT2D eigenvalue weighted by Gasteiger charge is 2.29. The first kappa shape index (κ1) is 13.7. The highest BCUT2D eigenvalue weighted by Crippen LogP contribution is 2.15. The third-order valence-corrected chi connectivity index (χ3v) is 3.16. The zero-order valence-electron chi connectivity index (χ0n) is 10.9. The van der Waals surface area contributed by atoms with Crippen molar-refractivity contribution < 1.29 is 4.79 Å². The van der Waals surface area contributed by atoms with Crippen LogP contribution in [0.5, 0.6) is 0 Å². The van der Waals surface area contributed by atoms with Crippen molar-refractivity contribution in [1.82, 2.24) is 9.80 Å². The molecule has 0 aliphatic carbocycles. The summed E-state index contributed by atoms with van der Waals surface area (Å²) in [6.45, 7) is 8.53. The van der Waals surface area contributed by atoms with E-state index in [0.717, 1.165) is 13.1 Å². The van der Waals surface area contributed by atoms with Crippen LogP contribution >= 0.6 is 0 Å². The van der Waals surface area contributed by atoms with Gasteiger partial charge in [0, 0.05) is 25.7 Å². The molecule has 0 radical (unpaired) electrons. The molecule has 4 nitrogen and oxygen atoms in total. The molecule has 0 aromatic rings. The van der Waals surface area contributed by atoms with Gasteiger partial charge in [0.25, 0.3) is 0 Å². The molecule has 0 aromatic carbocycles. The summed E-state index contributed by atoms with van der Waals surface area (Å²) in [6, 6.07) is 2.67. The fourth-order valence-electron chi connectivity index (χ4n) is 2.16. The van der Waals surface area contributed by atoms with Gasteiger partial charge in [-0.25, -0.2) is 0 Å². The van der Waals surface area contributed by atoms with Gasteiger partial charge in [-0.05, 0) is 26.8 Å². The molecule has 1 amide bonds. The monoisotopic (exact) mass is 235 g/mol. The second-order valence-corrected chi connectivity index (χ2v) is 4.64. The first-order chi connectivity index (χ1) is 8.10. The van der Waals surface area contributed by atoms with Gasteiger partial charge in [-0.15, -0.1) is 0 Å². The van der Waals surface area contributed by atoms with Crippen molar-refractivity contribution in [3.63, 3.8) is 0 Å². The fourth-order valence-corrected chi connectivity index (χ4v) is 2.16. The predicted molar refractivity (Wildman–Crippen MR) is 67.3 cm³/mol. The molecule has 0 spiro atoms. The van der Waals surface area contributed by atoms with Crippen molar-refractivity contribution in [3.8, 4) is 6.07 Å². The van der Waals surface area contributed by atoms with Crippen LogP contribution in [0.3, 0.4) is 0 Å². The summed E-state index contributed by atoms with van der Waals surface area (Å²) >= 11 is 0. The maximum Gasteiger partial charge on any atom is 0.246 e. The lowest BCUT2D eigenvalue weighted by molar-refractivity contribution is -0.131. The van der Waals surface area contributed by atoms with Gasteiger partial charge in [0.05, 0.1) is 18.5 Å². The maximum atomic E-state index is 11.9. The van der Waals surface area contributed by atoms with Crippen LogP contribution in [0.25, 0.3) is 0 Å². The first-order valence-corrected chi connectivity index (χ1v) is 6.14. The van der Waals surface area contributed by atoms with E-state index in [1.54, 1.807) is 12.2 Å². The molecule has 4 heteroatoms. The minimum Gasteiger partial charge on any atom is -0.333 e. The number of carbonyl (C=O) groups excluding carboxylic acids is 1. The fraction of sp³-hybridized carbons (Fsp3) is 0.692. The maximum absolute atomic E-state index is 11.9. The van der Waals surface area contributed by atoms with Crippen LogP contribution in [0.15, 0.2) is 12.2 Å². The van der Waals surface area contributed by atoms with Crippen molar-refractivity contribution in [2.75, 3.05) is 19.6 Å². The molecule has 17 heavy (non-hydrogen) atoms.